The van der Waals surface area contributed by atoms with Gasteiger partial charge in [-0.15, -0.1) is 0 Å². The van der Waals surface area contributed by atoms with Gasteiger partial charge in [-0.1, -0.05) is 12.2 Å². The van der Waals surface area contributed by atoms with Crippen LogP contribution < -0.4 is 5.32 Å². The molecule has 0 radical (unpaired) electrons. The summed E-state index contributed by atoms with van der Waals surface area (Å²) in [6, 6.07) is 5.95. The van der Waals surface area contributed by atoms with E-state index in [1.54, 1.807) is 12.2 Å². The average molecular weight is 245 g/mol. The quantitative estimate of drug-likeness (QED) is 0.643. The fraction of sp³-hybridized carbons (Fsp3) is 0.167. The molecule has 6 heteroatoms. The molecule has 0 aliphatic heterocycles. The highest BCUT2D eigenvalue weighted by Crippen LogP contribution is 2.18. The van der Waals surface area contributed by atoms with Gasteiger partial charge >= 0.3 is 0 Å². The van der Waals surface area contributed by atoms with Gasteiger partial charge in [-0.2, -0.15) is 5.26 Å². The number of rotatable bonds is 4. The van der Waals surface area contributed by atoms with Crippen molar-refractivity contribution in [2.45, 2.75) is 6.92 Å². The van der Waals surface area contributed by atoms with Crippen molar-refractivity contribution in [3.05, 3.63) is 45.5 Å². The van der Waals surface area contributed by atoms with Crippen LogP contribution in [0.4, 0.5) is 5.69 Å². The Morgan fingerprint density at radius 2 is 2.33 bits per heavy atom. The maximum atomic E-state index is 10.6. The molecule has 0 fully saturated rings. The number of nitro groups is 1. The predicted octanol–water partition coefficient (Wildman–Crippen LogP) is 1.62. The third kappa shape index (κ3) is 3.72. The molecule has 0 aliphatic carbocycles. The van der Waals surface area contributed by atoms with Crippen molar-refractivity contribution in [3.63, 3.8) is 0 Å². The van der Waals surface area contributed by atoms with E-state index in [4.69, 9.17) is 5.26 Å². The lowest BCUT2D eigenvalue weighted by Gasteiger charge is -1.99. The molecule has 0 aliphatic rings. The Bertz CT molecular complexity index is 544. The molecule has 6 nitrogen and oxygen atoms in total. The smallest absolute Gasteiger partial charge is 0.270 e. The number of nitrogens with one attached hydrogen (secondary N) is 1. The van der Waals surface area contributed by atoms with E-state index < -0.39 is 4.92 Å². The minimum atomic E-state index is -0.550. The fourth-order valence-corrected chi connectivity index (χ4v) is 1.29. The van der Waals surface area contributed by atoms with E-state index in [1.807, 2.05) is 6.07 Å². The average Bonchev–Trinajstić information content (AvgIpc) is 2.34. The van der Waals surface area contributed by atoms with Gasteiger partial charge in [0.1, 0.15) is 6.07 Å². The number of nitro benzene ring substituents is 1. The van der Waals surface area contributed by atoms with Gasteiger partial charge in [0.15, 0.2) is 0 Å². The first-order valence-electron chi connectivity index (χ1n) is 5.14. The number of carbonyl (C=O) groups is 1. The molecule has 1 amide bonds. The number of hydrogen-bond donors (Lipinski definition) is 1. The predicted molar refractivity (Wildman–Crippen MR) is 65.5 cm³/mol. The van der Waals surface area contributed by atoms with Crippen molar-refractivity contribution in [2.24, 2.45) is 0 Å². The first-order valence-corrected chi connectivity index (χ1v) is 5.14. The zero-order chi connectivity index (χ0) is 13.5. The fourth-order valence-electron chi connectivity index (χ4n) is 1.29. The van der Waals surface area contributed by atoms with Gasteiger partial charge in [-0.3, -0.25) is 14.9 Å². The van der Waals surface area contributed by atoms with E-state index in [2.05, 4.69) is 5.32 Å². The van der Waals surface area contributed by atoms with E-state index in [9.17, 15) is 14.9 Å². The van der Waals surface area contributed by atoms with Crippen LogP contribution in [0.5, 0.6) is 0 Å². The van der Waals surface area contributed by atoms with Crippen LogP contribution in [0.3, 0.4) is 0 Å². The maximum absolute atomic E-state index is 10.6. The summed E-state index contributed by atoms with van der Waals surface area (Å²) >= 11 is 0. The summed E-state index contributed by atoms with van der Waals surface area (Å²) < 4.78 is 0. The second kappa shape index (κ2) is 6.15. The molecule has 0 heterocycles. The monoisotopic (exact) mass is 245 g/mol. The van der Waals surface area contributed by atoms with Crippen molar-refractivity contribution in [1.82, 2.24) is 5.32 Å². The Kier molecular flexibility index (Phi) is 4.58. The number of non-ortho nitro benzene ring substituents is 1. The molecule has 0 bridgehead atoms. The standard InChI is InChI=1S/C12H11N3O3/c1-9(16)14-6-2-3-10-4-5-12(15(17)18)7-11(10)8-13/h2-5,7H,6H2,1H3,(H,14,16). The summed E-state index contributed by atoms with van der Waals surface area (Å²) in [7, 11) is 0. The van der Waals surface area contributed by atoms with E-state index in [0.717, 1.165) is 0 Å². The van der Waals surface area contributed by atoms with Crippen molar-refractivity contribution in [3.8, 4) is 6.07 Å². The Morgan fingerprint density at radius 1 is 1.61 bits per heavy atom. The van der Waals surface area contributed by atoms with Gasteiger partial charge in [-0.25, -0.2) is 0 Å². The minimum Gasteiger partial charge on any atom is -0.353 e. The van der Waals surface area contributed by atoms with Crippen LogP contribution in [-0.4, -0.2) is 17.4 Å². The topological polar surface area (TPSA) is 96.0 Å². The lowest BCUT2D eigenvalue weighted by atomic mass is 10.1. The van der Waals surface area contributed by atoms with Crippen LogP contribution in [-0.2, 0) is 4.79 Å². The molecule has 0 unspecified atom stereocenters. The zero-order valence-corrected chi connectivity index (χ0v) is 9.71. The molecule has 0 atom stereocenters. The van der Waals surface area contributed by atoms with Crippen LogP contribution in [0, 0.1) is 21.4 Å². The summed E-state index contributed by atoms with van der Waals surface area (Å²) in [4.78, 5) is 20.6. The lowest BCUT2D eigenvalue weighted by molar-refractivity contribution is -0.384. The Labute approximate surface area is 104 Å². The summed E-state index contributed by atoms with van der Waals surface area (Å²) in [5.41, 5.74) is 0.683. The molecule has 92 valence electrons. The second-order valence-corrected chi connectivity index (χ2v) is 3.48. The molecule has 1 aromatic rings. The molecule has 1 aromatic carbocycles. The summed E-state index contributed by atoms with van der Waals surface area (Å²) in [5, 5.41) is 22.0. The highest BCUT2D eigenvalue weighted by Gasteiger charge is 2.08. The Hall–Kier alpha value is -2.68. The molecule has 1 N–H and O–H groups in total. The number of benzene rings is 1. The van der Waals surface area contributed by atoms with Crippen LogP contribution in [0.25, 0.3) is 6.08 Å². The van der Waals surface area contributed by atoms with Crippen LogP contribution in [0.15, 0.2) is 24.3 Å². The van der Waals surface area contributed by atoms with Crippen molar-refractivity contribution in [1.29, 1.82) is 5.26 Å². The lowest BCUT2D eigenvalue weighted by Crippen LogP contribution is -2.19. The van der Waals surface area contributed by atoms with E-state index in [0.29, 0.717) is 12.1 Å². The molecule has 0 spiro atoms. The molecule has 1 rings (SSSR count). The van der Waals surface area contributed by atoms with Gasteiger partial charge < -0.3 is 5.32 Å². The zero-order valence-electron chi connectivity index (χ0n) is 9.71. The number of carbonyl (C=O) groups excluding carboxylic acids is 1. The third-order valence-electron chi connectivity index (χ3n) is 2.13. The summed E-state index contributed by atoms with van der Waals surface area (Å²) in [6.45, 7) is 1.75. The van der Waals surface area contributed by atoms with Gasteiger partial charge in [0.25, 0.3) is 5.69 Å². The van der Waals surface area contributed by atoms with E-state index in [-0.39, 0.29) is 17.2 Å². The normalized spacial score (nSPS) is 10.0. The second-order valence-electron chi connectivity index (χ2n) is 3.48. The summed E-state index contributed by atoms with van der Waals surface area (Å²) in [6.07, 6.45) is 3.31. The van der Waals surface area contributed by atoms with Gasteiger partial charge in [0.2, 0.25) is 5.91 Å². The maximum Gasteiger partial charge on any atom is 0.270 e. The molecule has 0 aromatic heterocycles. The van der Waals surface area contributed by atoms with Crippen LogP contribution in [0.2, 0.25) is 0 Å². The van der Waals surface area contributed by atoms with Gasteiger partial charge in [0, 0.05) is 25.6 Å². The molecule has 0 saturated carbocycles. The molecule has 18 heavy (non-hydrogen) atoms. The van der Waals surface area contributed by atoms with Gasteiger partial charge in [-0.05, 0) is 11.6 Å². The van der Waals surface area contributed by atoms with Crippen molar-refractivity contribution in [2.75, 3.05) is 6.54 Å². The first-order chi connectivity index (χ1) is 8.54. The SMILES string of the molecule is CC(=O)NCC=Cc1ccc([N+](=O)[O-])cc1C#N. The number of nitriles is 1. The number of hydrogen-bond acceptors (Lipinski definition) is 4. The summed E-state index contributed by atoms with van der Waals surface area (Å²) in [5.74, 6) is -0.149. The van der Waals surface area contributed by atoms with E-state index in [1.165, 1.54) is 25.1 Å². The molecule has 0 saturated heterocycles. The van der Waals surface area contributed by atoms with Crippen LogP contribution in [0.1, 0.15) is 18.1 Å². The Balaban J connectivity index is 2.87. The van der Waals surface area contributed by atoms with E-state index >= 15 is 0 Å². The van der Waals surface area contributed by atoms with Crippen molar-refractivity contribution < 1.29 is 9.72 Å². The Morgan fingerprint density at radius 3 is 2.89 bits per heavy atom. The number of amides is 1. The van der Waals surface area contributed by atoms with Gasteiger partial charge in [0.05, 0.1) is 10.5 Å². The minimum absolute atomic E-state index is 0.120. The number of nitrogens with zero attached hydrogens (tertiary/aromatic N) is 2. The first kappa shape index (κ1) is 13.4. The molecular weight excluding hydrogens is 234 g/mol. The van der Waals surface area contributed by atoms with Crippen LogP contribution >= 0.6 is 0 Å². The highest BCUT2D eigenvalue weighted by atomic mass is 16.6. The largest absolute Gasteiger partial charge is 0.353 e. The molecular formula is C12H11N3O3. The highest BCUT2D eigenvalue weighted by molar-refractivity contribution is 5.73. The third-order valence-corrected chi connectivity index (χ3v) is 2.13. The van der Waals surface area contributed by atoms with Crippen molar-refractivity contribution >= 4 is 17.7 Å².